The van der Waals surface area contributed by atoms with Crippen LogP contribution in [0.5, 0.6) is 5.75 Å². The summed E-state index contributed by atoms with van der Waals surface area (Å²) in [6.45, 7) is 9.46. The lowest BCUT2D eigenvalue weighted by Crippen LogP contribution is -2.07. The largest absolute Gasteiger partial charge is 0.497 e. The maximum atomic E-state index is 11.6. The van der Waals surface area contributed by atoms with Gasteiger partial charge in [0.15, 0.2) is 0 Å². The van der Waals surface area contributed by atoms with Gasteiger partial charge < -0.3 is 9.47 Å². The number of hydrogen-bond acceptors (Lipinski definition) is 3. The van der Waals surface area contributed by atoms with Gasteiger partial charge in [0.1, 0.15) is 12.4 Å². The van der Waals surface area contributed by atoms with Gasteiger partial charge in [0.25, 0.3) is 0 Å². The fraction of sp³-hybridized carbons (Fsp3) is 0.214. The van der Waals surface area contributed by atoms with E-state index in [1.165, 1.54) is 0 Å². The molecule has 0 aromatic heterocycles. The molecule has 0 radical (unpaired) electrons. The van der Waals surface area contributed by atoms with Gasteiger partial charge in [-0.2, -0.15) is 0 Å². The molecule has 3 heteroatoms. The summed E-state index contributed by atoms with van der Waals surface area (Å²) >= 11 is 0. The Kier molecular flexibility index (Phi) is 4.52. The van der Waals surface area contributed by atoms with Crippen LogP contribution in [-0.2, 0) is 4.74 Å². The van der Waals surface area contributed by atoms with Crippen LogP contribution in [0.15, 0.2) is 48.6 Å². The molecule has 0 amide bonds. The van der Waals surface area contributed by atoms with E-state index in [0.29, 0.717) is 16.9 Å². The van der Waals surface area contributed by atoms with Gasteiger partial charge in [0.2, 0.25) is 0 Å². The first-order valence-corrected chi connectivity index (χ1v) is 5.19. The highest BCUT2D eigenvalue weighted by atomic mass is 16.5. The van der Waals surface area contributed by atoms with Gasteiger partial charge in [-0.3, -0.25) is 0 Å². The van der Waals surface area contributed by atoms with Crippen molar-refractivity contribution >= 4 is 5.97 Å². The van der Waals surface area contributed by atoms with Crippen molar-refractivity contribution in [2.45, 2.75) is 6.92 Å². The number of hydrogen-bond donors (Lipinski definition) is 0. The fourth-order valence-corrected chi connectivity index (χ4v) is 1.09. The quantitative estimate of drug-likeness (QED) is 0.578. The highest BCUT2D eigenvalue weighted by Gasteiger charge is 2.07. The second-order valence-electron chi connectivity index (χ2n) is 3.69. The third-order valence-electron chi connectivity index (χ3n) is 2.31. The molecule has 0 aliphatic carbocycles. The molecule has 0 unspecified atom stereocenters. The summed E-state index contributed by atoms with van der Waals surface area (Å²) in [5.74, 6) is 0.322. The normalized spacial score (nSPS) is 9.53. The Morgan fingerprint density at radius 3 is 2.29 bits per heavy atom. The van der Waals surface area contributed by atoms with Crippen LogP contribution >= 0.6 is 0 Å². The third kappa shape index (κ3) is 3.79. The van der Waals surface area contributed by atoms with Gasteiger partial charge in [-0.25, -0.2) is 4.79 Å². The van der Waals surface area contributed by atoms with Crippen LogP contribution in [0.25, 0.3) is 0 Å². The summed E-state index contributed by atoms with van der Waals surface area (Å²) in [5.41, 5.74) is 2.01. The molecule has 0 atom stereocenters. The molecule has 0 saturated carbocycles. The van der Waals surface area contributed by atoms with Gasteiger partial charge >= 0.3 is 5.97 Å². The SMILES string of the molecule is C=C(C)C(=C)COC(=O)c1ccc(OC)cc1. The number of carbonyl (C=O) groups is 1. The minimum absolute atomic E-state index is 0.167. The summed E-state index contributed by atoms with van der Waals surface area (Å²) < 4.78 is 10.1. The van der Waals surface area contributed by atoms with Crippen molar-refractivity contribution in [3.05, 3.63) is 54.1 Å². The molecule has 0 N–H and O–H groups in total. The molecular weight excluding hydrogens is 216 g/mol. The minimum atomic E-state index is -0.380. The first-order valence-electron chi connectivity index (χ1n) is 5.19. The average molecular weight is 232 g/mol. The number of benzene rings is 1. The molecule has 0 bridgehead atoms. The molecule has 0 fully saturated rings. The number of ether oxygens (including phenoxy) is 2. The molecular formula is C14H16O3. The van der Waals surface area contributed by atoms with Crippen molar-refractivity contribution in [2.75, 3.05) is 13.7 Å². The van der Waals surface area contributed by atoms with E-state index in [0.717, 1.165) is 5.57 Å². The number of methoxy groups -OCH3 is 1. The van der Waals surface area contributed by atoms with Crippen molar-refractivity contribution in [1.29, 1.82) is 0 Å². The van der Waals surface area contributed by atoms with Crippen molar-refractivity contribution in [1.82, 2.24) is 0 Å². The van der Waals surface area contributed by atoms with Crippen molar-refractivity contribution < 1.29 is 14.3 Å². The Morgan fingerprint density at radius 2 is 1.82 bits per heavy atom. The maximum absolute atomic E-state index is 11.6. The molecule has 0 aliphatic heterocycles. The number of rotatable bonds is 5. The Hall–Kier alpha value is -2.03. The summed E-state index contributed by atoms with van der Waals surface area (Å²) in [6, 6.07) is 6.74. The second kappa shape index (κ2) is 5.89. The standard InChI is InChI=1S/C14H16O3/c1-10(2)11(3)9-17-14(15)12-5-7-13(16-4)8-6-12/h5-8H,1,3,9H2,2,4H3. The smallest absolute Gasteiger partial charge is 0.338 e. The van der Waals surface area contributed by atoms with Crippen molar-refractivity contribution in [3.8, 4) is 5.75 Å². The predicted octanol–water partition coefficient (Wildman–Crippen LogP) is 2.98. The predicted molar refractivity (Wildman–Crippen MR) is 67.2 cm³/mol. The summed E-state index contributed by atoms with van der Waals surface area (Å²) in [6.07, 6.45) is 0. The topological polar surface area (TPSA) is 35.5 Å². The van der Waals surface area contributed by atoms with Crippen LogP contribution in [0.1, 0.15) is 17.3 Å². The lowest BCUT2D eigenvalue weighted by Gasteiger charge is -2.07. The van der Waals surface area contributed by atoms with Gasteiger partial charge in [0.05, 0.1) is 12.7 Å². The third-order valence-corrected chi connectivity index (χ3v) is 2.31. The lowest BCUT2D eigenvalue weighted by atomic mass is 10.2. The molecule has 90 valence electrons. The van der Waals surface area contributed by atoms with Crippen LogP contribution in [0.3, 0.4) is 0 Å². The lowest BCUT2D eigenvalue weighted by molar-refractivity contribution is 0.0542. The minimum Gasteiger partial charge on any atom is -0.497 e. The van der Waals surface area contributed by atoms with Crippen LogP contribution in [-0.4, -0.2) is 19.7 Å². The van der Waals surface area contributed by atoms with E-state index in [-0.39, 0.29) is 12.6 Å². The zero-order chi connectivity index (χ0) is 12.8. The average Bonchev–Trinajstić information content (AvgIpc) is 2.35. The van der Waals surface area contributed by atoms with Crippen molar-refractivity contribution in [3.63, 3.8) is 0 Å². The molecule has 0 heterocycles. The monoisotopic (exact) mass is 232 g/mol. The summed E-state index contributed by atoms with van der Waals surface area (Å²) in [7, 11) is 1.57. The van der Waals surface area contributed by atoms with Gasteiger partial charge in [-0.05, 0) is 36.8 Å². The van der Waals surface area contributed by atoms with E-state index in [9.17, 15) is 4.79 Å². The fourth-order valence-electron chi connectivity index (χ4n) is 1.09. The first kappa shape index (κ1) is 13.0. The van der Waals surface area contributed by atoms with Crippen molar-refractivity contribution in [2.24, 2.45) is 0 Å². The van der Waals surface area contributed by atoms with E-state index in [1.807, 2.05) is 6.92 Å². The molecule has 3 nitrogen and oxygen atoms in total. The van der Waals surface area contributed by atoms with Gasteiger partial charge in [-0.15, -0.1) is 0 Å². The summed E-state index contributed by atoms with van der Waals surface area (Å²) in [5, 5.41) is 0. The second-order valence-corrected chi connectivity index (χ2v) is 3.69. The Bertz CT molecular complexity index is 429. The molecule has 0 saturated heterocycles. The van der Waals surface area contributed by atoms with Crippen LogP contribution in [0.2, 0.25) is 0 Å². The zero-order valence-corrected chi connectivity index (χ0v) is 10.2. The first-order chi connectivity index (χ1) is 8.04. The Morgan fingerprint density at radius 1 is 1.24 bits per heavy atom. The number of carbonyl (C=O) groups excluding carboxylic acids is 1. The van der Waals surface area contributed by atoms with Crippen LogP contribution in [0, 0.1) is 0 Å². The van der Waals surface area contributed by atoms with E-state index in [2.05, 4.69) is 13.2 Å². The molecule has 0 spiro atoms. The van der Waals surface area contributed by atoms with E-state index >= 15 is 0 Å². The molecule has 1 rings (SSSR count). The van der Waals surface area contributed by atoms with E-state index in [4.69, 9.17) is 9.47 Å². The van der Waals surface area contributed by atoms with E-state index in [1.54, 1.807) is 31.4 Å². The molecule has 0 aliphatic rings. The van der Waals surface area contributed by atoms with Crippen LogP contribution < -0.4 is 4.74 Å². The summed E-state index contributed by atoms with van der Waals surface area (Å²) in [4.78, 5) is 11.6. The number of esters is 1. The molecule has 1 aromatic carbocycles. The highest BCUT2D eigenvalue weighted by molar-refractivity contribution is 5.89. The Balaban J connectivity index is 2.58. The highest BCUT2D eigenvalue weighted by Crippen LogP contribution is 2.13. The van der Waals surface area contributed by atoms with Crippen LogP contribution in [0.4, 0.5) is 0 Å². The van der Waals surface area contributed by atoms with Gasteiger partial charge in [-0.1, -0.05) is 18.7 Å². The molecule has 1 aromatic rings. The van der Waals surface area contributed by atoms with Gasteiger partial charge in [0, 0.05) is 0 Å². The zero-order valence-electron chi connectivity index (χ0n) is 10.2. The maximum Gasteiger partial charge on any atom is 0.338 e. The Labute approximate surface area is 101 Å². The molecule has 17 heavy (non-hydrogen) atoms. The van der Waals surface area contributed by atoms with E-state index < -0.39 is 0 Å².